The van der Waals surface area contributed by atoms with Crippen molar-refractivity contribution in [3.63, 3.8) is 0 Å². The highest BCUT2D eigenvalue weighted by molar-refractivity contribution is 7.90. The van der Waals surface area contributed by atoms with E-state index in [-0.39, 0.29) is 11.2 Å². The molecule has 20 heavy (non-hydrogen) atoms. The molecule has 2 atom stereocenters. The van der Waals surface area contributed by atoms with Gasteiger partial charge in [-0.05, 0) is 30.9 Å². The molecular weight excluding hydrogens is 274 g/mol. The van der Waals surface area contributed by atoms with Gasteiger partial charge in [0.15, 0.2) is 0 Å². The molecule has 1 aromatic carbocycles. The summed E-state index contributed by atoms with van der Waals surface area (Å²) >= 11 is 0. The maximum Gasteiger partial charge on any atom is 0.214 e. The van der Waals surface area contributed by atoms with E-state index in [1.807, 2.05) is 19.1 Å². The van der Waals surface area contributed by atoms with Gasteiger partial charge in [0.25, 0.3) is 0 Å². The van der Waals surface area contributed by atoms with Crippen molar-refractivity contribution in [3.05, 3.63) is 35.4 Å². The number of nitrogens with one attached hydrogen (secondary N) is 1. The molecule has 1 aliphatic heterocycles. The van der Waals surface area contributed by atoms with Crippen LogP contribution in [0.25, 0.3) is 0 Å². The van der Waals surface area contributed by atoms with Crippen molar-refractivity contribution >= 4 is 10.0 Å². The third-order valence-corrected chi connectivity index (χ3v) is 6.00. The van der Waals surface area contributed by atoms with Gasteiger partial charge in [0, 0.05) is 19.1 Å². The van der Waals surface area contributed by atoms with Crippen LogP contribution >= 0.6 is 0 Å². The van der Waals surface area contributed by atoms with Crippen LogP contribution in [0.15, 0.2) is 24.3 Å². The summed E-state index contributed by atoms with van der Waals surface area (Å²) in [4.78, 5) is 0. The van der Waals surface area contributed by atoms with Crippen LogP contribution in [0.4, 0.5) is 0 Å². The van der Waals surface area contributed by atoms with E-state index in [0.717, 1.165) is 6.42 Å². The number of hydrogen-bond acceptors (Lipinski definition) is 3. The Bertz CT molecular complexity index is 542. The maximum absolute atomic E-state index is 12.3. The molecule has 1 fully saturated rings. The summed E-state index contributed by atoms with van der Waals surface area (Å²) in [5.41, 5.74) is 2.41. The first-order valence-electron chi connectivity index (χ1n) is 7.15. The molecule has 1 aromatic rings. The summed E-state index contributed by atoms with van der Waals surface area (Å²) in [6.07, 6.45) is 1.33. The minimum Gasteiger partial charge on any atom is -0.381 e. The molecule has 1 saturated heterocycles. The Morgan fingerprint density at radius 1 is 1.35 bits per heavy atom. The second-order valence-electron chi connectivity index (χ2n) is 5.34. The molecule has 0 spiro atoms. The maximum atomic E-state index is 12.3. The van der Waals surface area contributed by atoms with E-state index in [0.29, 0.717) is 26.2 Å². The Hall–Kier alpha value is -0.910. The third kappa shape index (κ3) is 3.59. The SMILES string of the molecule is CCNS(=O)(=O)[C@H]1CCOC[C@@H]1Cc1ccccc1C. The van der Waals surface area contributed by atoms with Crippen molar-refractivity contribution in [3.8, 4) is 0 Å². The number of hydrogen-bond donors (Lipinski definition) is 1. The van der Waals surface area contributed by atoms with Crippen LogP contribution in [-0.2, 0) is 21.2 Å². The zero-order valence-corrected chi connectivity index (χ0v) is 12.9. The van der Waals surface area contributed by atoms with Crippen LogP contribution in [0.5, 0.6) is 0 Å². The van der Waals surface area contributed by atoms with Gasteiger partial charge < -0.3 is 4.74 Å². The van der Waals surface area contributed by atoms with Gasteiger partial charge >= 0.3 is 0 Å². The Morgan fingerprint density at radius 3 is 2.80 bits per heavy atom. The number of benzene rings is 1. The molecule has 4 nitrogen and oxygen atoms in total. The van der Waals surface area contributed by atoms with Crippen molar-refractivity contribution in [1.82, 2.24) is 4.72 Å². The fourth-order valence-electron chi connectivity index (χ4n) is 2.81. The molecule has 5 heteroatoms. The number of aryl methyl sites for hydroxylation is 1. The molecule has 0 aromatic heterocycles. The average Bonchev–Trinajstić information content (AvgIpc) is 2.42. The van der Waals surface area contributed by atoms with Crippen LogP contribution in [-0.4, -0.2) is 33.4 Å². The lowest BCUT2D eigenvalue weighted by Crippen LogP contribution is -2.44. The van der Waals surface area contributed by atoms with Gasteiger partial charge in [-0.25, -0.2) is 13.1 Å². The van der Waals surface area contributed by atoms with E-state index < -0.39 is 10.0 Å². The van der Waals surface area contributed by atoms with Crippen molar-refractivity contribution in [2.45, 2.75) is 31.9 Å². The van der Waals surface area contributed by atoms with E-state index >= 15 is 0 Å². The van der Waals surface area contributed by atoms with Crippen molar-refractivity contribution in [2.75, 3.05) is 19.8 Å². The van der Waals surface area contributed by atoms with E-state index in [1.165, 1.54) is 11.1 Å². The first-order chi connectivity index (χ1) is 9.54. The van der Waals surface area contributed by atoms with Crippen molar-refractivity contribution in [2.24, 2.45) is 5.92 Å². The highest BCUT2D eigenvalue weighted by atomic mass is 32.2. The largest absolute Gasteiger partial charge is 0.381 e. The zero-order chi connectivity index (χ0) is 14.6. The minimum atomic E-state index is -3.25. The predicted octanol–water partition coefficient (Wildman–Crippen LogP) is 1.88. The van der Waals surface area contributed by atoms with Crippen molar-refractivity contribution in [1.29, 1.82) is 0 Å². The minimum absolute atomic E-state index is 0.0221. The van der Waals surface area contributed by atoms with Gasteiger partial charge in [-0.1, -0.05) is 31.2 Å². The van der Waals surface area contributed by atoms with Gasteiger partial charge in [0.2, 0.25) is 10.0 Å². The Labute approximate surface area is 121 Å². The number of ether oxygens (including phenoxy) is 1. The fraction of sp³-hybridized carbons (Fsp3) is 0.600. The highest BCUT2D eigenvalue weighted by Gasteiger charge is 2.35. The van der Waals surface area contributed by atoms with Crippen LogP contribution < -0.4 is 4.72 Å². The fourth-order valence-corrected chi connectivity index (χ4v) is 4.51. The summed E-state index contributed by atoms with van der Waals surface area (Å²) in [5.74, 6) is 0.0221. The molecular formula is C15H23NO3S. The highest BCUT2D eigenvalue weighted by Crippen LogP contribution is 2.26. The molecule has 0 radical (unpaired) electrons. The summed E-state index contributed by atoms with van der Waals surface area (Å²) in [6.45, 7) is 5.36. The van der Waals surface area contributed by atoms with Crippen LogP contribution in [0.3, 0.4) is 0 Å². The van der Waals surface area contributed by atoms with E-state index in [2.05, 4.69) is 23.8 Å². The monoisotopic (exact) mass is 297 g/mol. The van der Waals surface area contributed by atoms with Gasteiger partial charge in [-0.2, -0.15) is 0 Å². The first kappa shape index (κ1) is 15.5. The normalized spacial score (nSPS) is 23.7. The van der Waals surface area contributed by atoms with Crippen LogP contribution in [0.1, 0.15) is 24.5 Å². The van der Waals surface area contributed by atoms with Gasteiger partial charge in [-0.15, -0.1) is 0 Å². The third-order valence-electron chi connectivity index (χ3n) is 3.89. The summed E-state index contributed by atoms with van der Waals surface area (Å²) < 4.78 is 32.8. The van der Waals surface area contributed by atoms with Gasteiger partial charge in [0.05, 0.1) is 11.9 Å². The van der Waals surface area contributed by atoms with E-state index in [4.69, 9.17) is 4.74 Å². The molecule has 1 heterocycles. The molecule has 0 bridgehead atoms. The molecule has 0 amide bonds. The lowest BCUT2D eigenvalue weighted by atomic mass is 9.91. The average molecular weight is 297 g/mol. The molecule has 0 unspecified atom stereocenters. The van der Waals surface area contributed by atoms with Crippen molar-refractivity contribution < 1.29 is 13.2 Å². The van der Waals surface area contributed by atoms with Crippen LogP contribution in [0.2, 0.25) is 0 Å². The smallest absolute Gasteiger partial charge is 0.214 e. The number of sulfonamides is 1. The molecule has 112 valence electrons. The summed E-state index contributed by atoms with van der Waals surface area (Å²) in [6, 6.07) is 8.14. The lowest BCUT2D eigenvalue weighted by Gasteiger charge is -2.31. The lowest BCUT2D eigenvalue weighted by molar-refractivity contribution is 0.0570. The predicted molar refractivity (Wildman–Crippen MR) is 80.2 cm³/mol. The Kier molecular flexibility index (Phi) is 5.18. The Balaban J connectivity index is 2.18. The second-order valence-corrected chi connectivity index (χ2v) is 7.32. The molecule has 0 saturated carbocycles. The second kappa shape index (κ2) is 6.70. The topological polar surface area (TPSA) is 55.4 Å². The number of rotatable bonds is 5. The first-order valence-corrected chi connectivity index (χ1v) is 8.70. The van der Waals surface area contributed by atoms with Gasteiger partial charge in [0.1, 0.15) is 0 Å². The molecule has 1 N–H and O–H groups in total. The summed E-state index contributed by atoms with van der Waals surface area (Å²) in [7, 11) is -3.25. The van der Waals surface area contributed by atoms with E-state index in [1.54, 1.807) is 0 Å². The van der Waals surface area contributed by atoms with Crippen LogP contribution in [0, 0.1) is 12.8 Å². The summed E-state index contributed by atoms with van der Waals surface area (Å²) in [5, 5.41) is -0.351. The molecule has 1 aliphatic rings. The molecule has 0 aliphatic carbocycles. The molecule has 2 rings (SSSR count). The Morgan fingerprint density at radius 2 is 2.10 bits per heavy atom. The quantitative estimate of drug-likeness (QED) is 0.903. The van der Waals surface area contributed by atoms with Gasteiger partial charge in [-0.3, -0.25) is 0 Å². The van der Waals surface area contributed by atoms with E-state index in [9.17, 15) is 8.42 Å². The zero-order valence-electron chi connectivity index (χ0n) is 12.1. The standard InChI is InChI=1S/C15H23NO3S/c1-3-16-20(17,18)15-8-9-19-11-14(15)10-13-7-5-4-6-12(13)2/h4-7,14-16H,3,8-11H2,1-2H3/t14-,15-/m0/s1.